The van der Waals surface area contributed by atoms with E-state index >= 15 is 0 Å². The van der Waals surface area contributed by atoms with Crippen LogP contribution in [0.1, 0.15) is 39.2 Å². The molecule has 3 rings (SSSR count). The molecular formula is C17H16BrNO2S. The maximum atomic E-state index is 12.9. The zero-order valence-electron chi connectivity index (χ0n) is 12.0. The Balaban J connectivity index is 2.05. The number of thiophene rings is 1. The van der Waals surface area contributed by atoms with Gasteiger partial charge >= 0.3 is 0 Å². The van der Waals surface area contributed by atoms with Crippen LogP contribution in [0.3, 0.4) is 0 Å². The summed E-state index contributed by atoms with van der Waals surface area (Å²) in [5.74, 6) is -0.120. The lowest BCUT2D eigenvalue weighted by atomic mass is 9.92. The van der Waals surface area contributed by atoms with E-state index in [1.165, 1.54) is 4.88 Å². The molecule has 0 spiro atoms. The van der Waals surface area contributed by atoms with Crippen LogP contribution in [0, 0.1) is 0 Å². The summed E-state index contributed by atoms with van der Waals surface area (Å²) in [6, 6.07) is 9.27. The first kappa shape index (κ1) is 15.4. The zero-order valence-corrected chi connectivity index (χ0v) is 14.4. The van der Waals surface area contributed by atoms with Crippen LogP contribution in [0.4, 0.5) is 5.00 Å². The second-order valence-corrected chi connectivity index (χ2v) is 6.96. The molecule has 114 valence electrons. The van der Waals surface area contributed by atoms with Crippen molar-refractivity contribution in [1.82, 2.24) is 0 Å². The molecule has 3 nitrogen and oxygen atoms in total. The second-order valence-electron chi connectivity index (χ2n) is 5.29. The van der Waals surface area contributed by atoms with Crippen LogP contribution in [0.25, 0.3) is 0 Å². The number of anilines is 1. The van der Waals surface area contributed by atoms with Gasteiger partial charge in [0.15, 0.2) is 5.78 Å². The minimum Gasteiger partial charge on any atom is -0.316 e. The van der Waals surface area contributed by atoms with Gasteiger partial charge in [0.05, 0.1) is 10.9 Å². The van der Waals surface area contributed by atoms with Crippen LogP contribution in [0.5, 0.6) is 0 Å². The highest BCUT2D eigenvalue weighted by molar-refractivity contribution is 9.09. The average molecular weight is 378 g/mol. The molecule has 1 heterocycles. The van der Waals surface area contributed by atoms with Crippen molar-refractivity contribution in [3.8, 4) is 0 Å². The van der Waals surface area contributed by atoms with Crippen LogP contribution in [-0.4, -0.2) is 17.0 Å². The van der Waals surface area contributed by atoms with Gasteiger partial charge in [-0.05, 0) is 31.2 Å². The first-order valence-corrected chi connectivity index (χ1v) is 9.24. The number of hydrogen-bond acceptors (Lipinski definition) is 3. The first-order chi connectivity index (χ1) is 10.7. The van der Waals surface area contributed by atoms with Crippen LogP contribution in [-0.2, 0) is 17.6 Å². The van der Waals surface area contributed by atoms with Gasteiger partial charge in [-0.1, -0.05) is 46.3 Å². The summed E-state index contributed by atoms with van der Waals surface area (Å²) in [5.41, 5.74) is 2.50. The molecule has 0 saturated carbocycles. The van der Waals surface area contributed by atoms with E-state index in [0.29, 0.717) is 16.1 Å². The fourth-order valence-corrected chi connectivity index (χ4v) is 4.23. The number of aryl methyl sites for hydroxylation is 1. The van der Waals surface area contributed by atoms with E-state index in [-0.39, 0.29) is 17.0 Å². The predicted molar refractivity (Wildman–Crippen MR) is 93.3 cm³/mol. The van der Waals surface area contributed by atoms with Crippen molar-refractivity contribution in [3.63, 3.8) is 0 Å². The molecule has 0 fully saturated rings. The summed E-state index contributed by atoms with van der Waals surface area (Å²) in [5, 5.41) is 3.81. The van der Waals surface area contributed by atoms with E-state index in [1.807, 2.05) is 30.3 Å². The highest BCUT2D eigenvalue weighted by Crippen LogP contribution is 2.39. The number of carbonyl (C=O) groups excluding carboxylic acids is 2. The molecule has 1 aliphatic rings. The van der Waals surface area contributed by atoms with Crippen molar-refractivity contribution in [2.75, 3.05) is 10.6 Å². The Kier molecular flexibility index (Phi) is 4.74. The summed E-state index contributed by atoms with van der Waals surface area (Å²) < 4.78 is 0. The van der Waals surface area contributed by atoms with E-state index in [0.717, 1.165) is 31.2 Å². The molecule has 2 aromatic rings. The van der Waals surface area contributed by atoms with Gasteiger partial charge in [-0.15, -0.1) is 11.3 Å². The number of fused-ring (bicyclic) bond motifs is 1. The summed E-state index contributed by atoms with van der Waals surface area (Å²) in [4.78, 5) is 25.9. The molecule has 1 aromatic heterocycles. The monoisotopic (exact) mass is 377 g/mol. The number of rotatable bonds is 4. The van der Waals surface area contributed by atoms with Crippen molar-refractivity contribution in [1.29, 1.82) is 0 Å². The number of benzene rings is 1. The SMILES string of the molecule is O=C(CBr)Nc1sc2c(c1C(=O)c1ccccc1)CCCC2. The molecule has 0 radical (unpaired) electrons. The highest BCUT2D eigenvalue weighted by Gasteiger charge is 2.26. The minimum atomic E-state index is -0.124. The molecular weight excluding hydrogens is 362 g/mol. The standard InChI is InChI=1S/C17H16BrNO2S/c18-10-14(20)19-17-15(12-8-4-5-9-13(12)22-17)16(21)11-6-2-1-3-7-11/h1-3,6-7H,4-5,8-10H2,(H,19,20). The molecule has 0 bridgehead atoms. The average Bonchev–Trinajstić information content (AvgIpc) is 2.92. The van der Waals surface area contributed by atoms with Crippen molar-refractivity contribution < 1.29 is 9.59 Å². The molecule has 0 aliphatic heterocycles. The third-order valence-electron chi connectivity index (χ3n) is 3.81. The quantitative estimate of drug-likeness (QED) is 0.641. The number of carbonyl (C=O) groups is 2. The fourth-order valence-electron chi connectivity index (χ4n) is 2.79. The Hall–Kier alpha value is -1.46. The molecule has 0 unspecified atom stereocenters. The van der Waals surface area contributed by atoms with Gasteiger partial charge in [-0.3, -0.25) is 9.59 Å². The maximum absolute atomic E-state index is 12.9. The molecule has 1 aliphatic carbocycles. The van der Waals surface area contributed by atoms with E-state index in [4.69, 9.17) is 0 Å². The third-order valence-corrected chi connectivity index (χ3v) is 5.53. The Bertz CT molecular complexity index is 709. The van der Waals surface area contributed by atoms with Gasteiger partial charge in [-0.25, -0.2) is 0 Å². The normalized spacial score (nSPS) is 13.5. The number of ketones is 1. The molecule has 1 amide bonds. The molecule has 1 aromatic carbocycles. The predicted octanol–water partition coefficient (Wildman–Crippen LogP) is 4.19. The van der Waals surface area contributed by atoms with Crippen LogP contribution in [0.15, 0.2) is 30.3 Å². The summed E-state index contributed by atoms with van der Waals surface area (Å²) in [6.45, 7) is 0. The Labute approximate surface area is 141 Å². The lowest BCUT2D eigenvalue weighted by Gasteiger charge is -2.12. The van der Waals surface area contributed by atoms with Crippen LogP contribution >= 0.6 is 27.3 Å². The second kappa shape index (κ2) is 6.75. The Morgan fingerprint density at radius 2 is 1.86 bits per heavy atom. The maximum Gasteiger partial charge on any atom is 0.235 e. The van der Waals surface area contributed by atoms with Crippen LogP contribution < -0.4 is 5.32 Å². The molecule has 0 saturated heterocycles. The zero-order chi connectivity index (χ0) is 15.5. The van der Waals surface area contributed by atoms with Gasteiger partial charge in [0, 0.05) is 10.4 Å². The van der Waals surface area contributed by atoms with Gasteiger partial charge in [0.25, 0.3) is 0 Å². The van der Waals surface area contributed by atoms with Crippen molar-refractivity contribution in [3.05, 3.63) is 51.9 Å². The van der Waals surface area contributed by atoms with Gasteiger partial charge in [-0.2, -0.15) is 0 Å². The summed E-state index contributed by atoms with van der Waals surface area (Å²) in [7, 11) is 0. The largest absolute Gasteiger partial charge is 0.316 e. The smallest absolute Gasteiger partial charge is 0.235 e. The molecule has 0 atom stereocenters. The van der Waals surface area contributed by atoms with Crippen molar-refractivity contribution in [2.45, 2.75) is 25.7 Å². The van der Waals surface area contributed by atoms with Crippen molar-refractivity contribution in [2.24, 2.45) is 0 Å². The Morgan fingerprint density at radius 3 is 2.59 bits per heavy atom. The number of amides is 1. The highest BCUT2D eigenvalue weighted by atomic mass is 79.9. The number of nitrogens with one attached hydrogen (secondary N) is 1. The lowest BCUT2D eigenvalue weighted by Crippen LogP contribution is -2.15. The Morgan fingerprint density at radius 1 is 1.14 bits per heavy atom. The van der Waals surface area contributed by atoms with Gasteiger partial charge in [0.1, 0.15) is 5.00 Å². The minimum absolute atomic E-state index is 0.00451. The van der Waals surface area contributed by atoms with Crippen LogP contribution in [0.2, 0.25) is 0 Å². The molecule has 1 N–H and O–H groups in total. The van der Waals surface area contributed by atoms with E-state index < -0.39 is 0 Å². The van der Waals surface area contributed by atoms with E-state index in [1.54, 1.807) is 11.3 Å². The lowest BCUT2D eigenvalue weighted by molar-refractivity contribution is -0.113. The first-order valence-electron chi connectivity index (χ1n) is 7.31. The van der Waals surface area contributed by atoms with Gasteiger partial charge in [0.2, 0.25) is 5.91 Å². The summed E-state index contributed by atoms with van der Waals surface area (Å²) >= 11 is 4.71. The van der Waals surface area contributed by atoms with E-state index in [9.17, 15) is 9.59 Å². The molecule has 22 heavy (non-hydrogen) atoms. The topological polar surface area (TPSA) is 46.2 Å². The number of alkyl halides is 1. The number of halogens is 1. The fraction of sp³-hybridized carbons (Fsp3) is 0.294. The molecule has 5 heteroatoms. The van der Waals surface area contributed by atoms with E-state index in [2.05, 4.69) is 21.2 Å². The van der Waals surface area contributed by atoms with Crippen molar-refractivity contribution >= 4 is 44.0 Å². The summed E-state index contributed by atoms with van der Waals surface area (Å²) in [6.07, 6.45) is 4.17. The van der Waals surface area contributed by atoms with Gasteiger partial charge < -0.3 is 5.32 Å². The third kappa shape index (κ3) is 3.01. The number of hydrogen-bond donors (Lipinski definition) is 1.